The fraction of sp³-hybridized carbons (Fsp3) is 0.348. The number of halogens is 1. The number of nitrogens with zero attached hydrogens (tertiary/aromatic N) is 2. The first-order chi connectivity index (χ1) is 14.6. The zero-order valence-electron chi connectivity index (χ0n) is 16.7. The average Bonchev–Trinajstić information content (AvgIpc) is 3.22. The van der Waals surface area contributed by atoms with E-state index in [0.29, 0.717) is 6.42 Å². The SMILES string of the molecule is OC[C@H]1C[C@@H](O)CCN1CCc1ccc(Nc2nc(-c3ccc(F)cc3)cs2)cc1. The number of hydrogen-bond acceptors (Lipinski definition) is 6. The van der Waals surface area contributed by atoms with Gasteiger partial charge in [0.25, 0.3) is 0 Å². The number of nitrogens with one attached hydrogen (secondary N) is 1. The first-order valence-corrected chi connectivity index (χ1v) is 11.1. The second-order valence-corrected chi connectivity index (χ2v) is 8.53. The van der Waals surface area contributed by atoms with Gasteiger partial charge in [0, 0.05) is 35.8 Å². The van der Waals surface area contributed by atoms with Crippen LogP contribution in [0.3, 0.4) is 0 Å². The van der Waals surface area contributed by atoms with E-state index in [1.54, 1.807) is 12.1 Å². The maximum absolute atomic E-state index is 13.1. The molecule has 0 amide bonds. The van der Waals surface area contributed by atoms with Crippen molar-refractivity contribution in [1.82, 2.24) is 9.88 Å². The minimum absolute atomic E-state index is 0.0508. The lowest BCUT2D eigenvalue weighted by molar-refractivity contribution is 0.0177. The number of rotatable bonds is 7. The van der Waals surface area contributed by atoms with Crippen LogP contribution >= 0.6 is 11.3 Å². The van der Waals surface area contributed by atoms with E-state index in [0.717, 1.165) is 48.0 Å². The van der Waals surface area contributed by atoms with Gasteiger partial charge in [0.15, 0.2) is 5.13 Å². The van der Waals surface area contributed by atoms with Gasteiger partial charge in [0.2, 0.25) is 0 Å². The third kappa shape index (κ3) is 5.23. The molecule has 0 radical (unpaired) electrons. The van der Waals surface area contributed by atoms with Gasteiger partial charge in [-0.05, 0) is 61.2 Å². The van der Waals surface area contributed by atoms with Crippen LogP contribution in [0.15, 0.2) is 53.9 Å². The molecule has 5 nitrogen and oxygen atoms in total. The predicted molar refractivity (Wildman–Crippen MR) is 119 cm³/mol. The molecule has 1 fully saturated rings. The van der Waals surface area contributed by atoms with Crippen molar-refractivity contribution >= 4 is 22.2 Å². The summed E-state index contributed by atoms with van der Waals surface area (Å²) in [5, 5.41) is 25.4. The van der Waals surface area contributed by atoms with Crippen molar-refractivity contribution in [2.24, 2.45) is 0 Å². The quantitative estimate of drug-likeness (QED) is 0.531. The molecule has 0 bridgehead atoms. The molecule has 2 heterocycles. The Bertz CT molecular complexity index is 946. The monoisotopic (exact) mass is 427 g/mol. The van der Waals surface area contributed by atoms with Crippen molar-refractivity contribution in [3.05, 3.63) is 65.3 Å². The normalized spacial score (nSPS) is 19.7. The van der Waals surface area contributed by atoms with Crippen LogP contribution < -0.4 is 5.32 Å². The van der Waals surface area contributed by atoms with E-state index < -0.39 is 0 Å². The molecule has 1 aliphatic rings. The fourth-order valence-corrected chi connectivity index (χ4v) is 4.54. The minimum atomic E-state index is -0.293. The molecule has 7 heteroatoms. The van der Waals surface area contributed by atoms with Gasteiger partial charge in [-0.3, -0.25) is 4.90 Å². The third-order valence-corrected chi connectivity index (χ3v) is 6.32. The molecule has 1 saturated heterocycles. The Balaban J connectivity index is 1.32. The lowest BCUT2D eigenvalue weighted by Gasteiger charge is -2.36. The molecule has 1 aliphatic heterocycles. The standard InChI is InChI=1S/C23H26FN3O2S/c24-18-5-3-17(4-6-18)22-15-30-23(26-22)25-19-7-1-16(2-8-19)9-11-27-12-10-21(29)13-20(27)14-28/h1-8,15,20-21,28-29H,9-14H2,(H,25,26)/t20-,21+/m1/s1. The molecule has 2 atom stereocenters. The maximum Gasteiger partial charge on any atom is 0.187 e. The van der Waals surface area contributed by atoms with Gasteiger partial charge >= 0.3 is 0 Å². The van der Waals surface area contributed by atoms with Crippen molar-refractivity contribution in [3.8, 4) is 11.3 Å². The Hall–Kier alpha value is -2.32. The molecule has 30 heavy (non-hydrogen) atoms. The molecule has 0 unspecified atom stereocenters. The number of aliphatic hydroxyl groups is 2. The van der Waals surface area contributed by atoms with E-state index >= 15 is 0 Å². The first-order valence-electron chi connectivity index (χ1n) is 10.2. The van der Waals surface area contributed by atoms with Crippen molar-refractivity contribution in [2.75, 3.05) is 25.0 Å². The van der Waals surface area contributed by atoms with Gasteiger partial charge in [-0.25, -0.2) is 9.37 Å². The summed E-state index contributed by atoms with van der Waals surface area (Å²) in [6.07, 6.45) is 2.03. The van der Waals surface area contributed by atoms with Gasteiger partial charge in [-0.15, -0.1) is 11.3 Å². The van der Waals surface area contributed by atoms with Crippen LogP contribution in [0.2, 0.25) is 0 Å². The van der Waals surface area contributed by atoms with Crippen LogP contribution in [0.25, 0.3) is 11.3 Å². The van der Waals surface area contributed by atoms with Crippen LogP contribution in [0.1, 0.15) is 18.4 Å². The molecule has 3 N–H and O–H groups in total. The van der Waals surface area contributed by atoms with Crippen LogP contribution in [0.4, 0.5) is 15.2 Å². The van der Waals surface area contributed by atoms with Gasteiger partial charge in [-0.1, -0.05) is 12.1 Å². The molecule has 0 saturated carbocycles. The summed E-state index contributed by atoms with van der Waals surface area (Å²) in [6.45, 7) is 1.79. The molecule has 1 aromatic heterocycles. The Morgan fingerprint density at radius 3 is 2.63 bits per heavy atom. The number of piperidine rings is 1. The number of thiazole rings is 1. The number of likely N-dealkylation sites (tertiary alicyclic amines) is 1. The largest absolute Gasteiger partial charge is 0.395 e. The smallest absolute Gasteiger partial charge is 0.187 e. The highest BCUT2D eigenvalue weighted by Crippen LogP contribution is 2.27. The van der Waals surface area contributed by atoms with Crippen LogP contribution in [0, 0.1) is 5.82 Å². The van der Waals surface area contributed by atoms with Crippen molar-refractivity contribution in [2.45, 2.75) is 31.4 Å². The van der Waals surface area contributed by atoms with Gasteiger partial charge in [0.1, 0.15) is 5.82 Å². The Morgan fingerprint density at radius 1 is 1.13 bits per heavy atom. The fourth-order valence-electron chi connectivity index (χ4n) is 3.80. The van der Waals surface area contributed by atoms with E-state index in [4.69, 9.17) is 0 Å². The topological polar surface area (TPSA) is 68.6 Å². The number of hydrogen-bond donors (Lipinski definition) is 3. The molecular formula is C23H26FN3O2S. The van der Waals surface area contributed by atoms with Crippen LogP contribution in [0.5, 0.6) is 0 Å². The second kappa shape index (κ2) is 9.66. The number of aromatic nitrogens is 1. The molecule has 2 aromatic carbocycles. The summed E-state index contributed by atoms with van der Waals surface area (Å²) in [6, 6.07) is 14.7. The zero-order chi connectivity index (χ0) is 20.9. The molecule has 158 valence electrons. The zero-order valence-corrected chi connectivity index (χ0v) is 17.5. The van der Waals surface area contributed by atoms with Gasteiger partial charge in [0.05, 0.1) is 18.4 Å². The molecule has 0 spiro atoms. The first kappa shape index (κ1) is 20.9. The van der Waals surface area contributed by atoms with Crippen molar-refractivity contribution in [3.63, 3.8) is 0 Å². The lowest BCUT2D eigenvalue weighted by atomic mass is 9.99. The van der Waals surface area contributed by atoms with E-state index in [1.807, 2.05) is 17.5 Å². The lowest BCUT2D eigenvalue weighted by Crippen LogP contribution is -2.47. The van der Waals surface area contributed by atoms with E-state index in [9.17, 15) is 14.6 Å². The van der Waals surface area contributed by atoms with E-state index in [-0.39, 0.29) is 24.6 Å². The summed E-state index contributed by atoms with van der Waals surface area (Å²) in [5.41, 5.74) is 3.91. The average molecular weight is 428 g/mol. The van der Waals surface area contributed by atoms with Crippen molar-refractivity contribution in [1.29, 1.82) is 0 Å². The Labute approximate surface area is 179 Å². The minimum Gasteiger partial charge on any atom is -0.395 e. The predicted octanol–water partition coefficient (Wildman–Crippen LogP) is 4.05. The molecule has 3 aromatic rings. The summed E-state index contributed by atoms with van der Waals surface area (Å²) in [4.78, 5) is 6.85. The highest BCUT2D eigenvalue weighted by molar-refractivity contribution is 7.14. The second-order valence-electron chi connectivity index (χ2n) is 7.67. The molecular weight excluding hydrogens is 401 g/mol. The highest BCUT2D eigenvalue weighted by Gasteiger charge is 2.26. The summed E-state index contributed by atoms with van der Waals surface area (Å²) in [5.74, 6) is -0.253. The van der Waals surface area contributed by atoms with Gasteiger partial charge in [-0.2, -0.15) is 0 Å². The van der Waals surface area contributed by atoms with Crippen LogP contribution in [-0.2, 0) is 6.42 Å². The highest BCUT2D eigenvalue weighted by atomic mass is 32.1. The number of anilines is 2. The maximum atomic E-state index is 13.1. The summed E-state index contributed by atoms with van der Waals surface area (Å²) >= 11 is 1.51. The van der Waals surface area contributed by atoms with E-state index in [1.165, 1.54) is 29.0 Å². The van der Waals surface area contributed by atoms with Crippen molar-refractivity contribution < 1.29 is 14.6 Å². The molecule has 4 rings (SSSR count). The van der Waals surface area contributed by atoms with Gasteiger partial charge < -0.3 is 15.5 Å². The summed E-state index contributed by atoms with van der Waals surface area (Å²) < 4.78 is 13.1. The number of aliphatic hydroxyl groups excluding tert-OH is 2. The van der Waals surface area contributed by atoms with Crippen LogP contribution in [-0.4, -0.2) is 51.9 Å². The van der Waals surface area contributed by atoms with E-state index in [2.05, 4.69) is 27.3 Å². The number of benzene rings is 2. The Morgan fingerprint density at radius 2 is 1.90 bits per heavy atom. The molecule has 0 aliphatic carbocycles. The Kier molecular flexibility index (Phi) is 6.74. The summed E-state index contributed by atoms with van der Waals surface area (Å²) in [7, 11) is 0. The third-order valence-electron chi connectivity index (χ3n) is 5.56.